The Labute approximate surface area is 173 Å². The summed E-state index contributed by atoms with van der Waals surface area (Å²) < 4.78 is 0. The number of likely N-dealkylation sites (tertiary alicyclic amines) is 1. The Hall–Kier alpha value is -2.47. The molecule has 2 fully saturated rings. The molecule has 1 aromatic carbocycles. The maximum Gasteiger partial charge on any atom is 0.274 e. The first-order valence-corrected chi connectivity index (χ1v) is 10.9. The number of carbonyl (C=O) groups is 1. The Balaban J connectivity index is 1.33. The van der Waals surface area contributed by atoms with Crippen LogP contribution in [0.2, 0.25) is 0 Å². The van der Waals surface area contributed by atoms with Gasteiger partial charge in [-0.15, -0.1) is 10.2 Å². The third-order valence-electron chi connectivity index (χ3n) is 6.17. The molecule has 0 aliphatic carbocycles. The molecule has 29 heavy (non-hydrogen) atoms. The van der Waals surface area contributed by atoms with E-state index in [9.17, 15) is 4.79 Å². The van der Waals surface area contributed by atoms with Gasteiger partial charge < -0.3 is 9.80 Å². The maximum absolute atomic E-state index is 12.9. The van der Waals surface area contributed by atoms with Crippen molar-refractivity contribution in [1.29, 1.82) is 0 Å². The van der Waals surface area contributed by atoms with Crippen LogP contribution in [0.15, 0.2) is 42.5 Å². The van der Waals surface area contributed by atoms with Gasteiger partial charge in [0.15, 0.2) is 11.5 Å². The number of hydrogen-bond acceptors (Lipinski definition) is 5. The van der Waals surface area contributed by atoms with Gasteiger partial charge in [-0.25, -0.2) is 0 Å². The highest BCUT2D eigenvalue weighted by molar-refractivity contribution is 5.92. The average Bonchev–Trinajstić information content (AvgIpc) is 2.80. The van der Waals surface area contributed by atoms with Crippen LogP contribution >= 0.6 is 0 Å². The lowest BCUT2D eigenvalue weighted by Crippen LogP contribution is -2.46. The summed E-state index contributed by atoms with van der Waals surface area (Å²) in [4.78, 5) is 19.6. The van der Waals surface area contributed by atoms with E-state index in [1.54, 1.807) is 0 Å². The molecule has 2 saturated heterocycles. The van der Waals surface area contributed by atoms with Crippen LogP contribution in [0, 0.1) is 0 Å². The highest BCUT2D eigenvalue weighted by Gasteiger charge is 2.27. The fourth-order valence-electron chi connectivity index (χ4n) is 4.42. The fraction of sp³-hybridized carbons (Fsp3) is 0.522. The number of aromatic nitrogens is 2. The lowest BCUT2D eigenvalue weighted by Gasteiger charge is -2.36. The van der Waals surface area contributed by atoms with Crippen molar-refractivity contribution in [2.24, 2.45) is 0 Å². The fourth-order valence-corrected chi connectivity index (χ4v) is 4.42. The van der Waals surface area contributed by atoms with Crippen molar-refractivity contribution in [2.45, 2.75) is 45.2 Å². The zero-order chi connectivity index (χ0) is 20.1. The van der Waals surface area contributed by atoms with Gasteiger partial charge in [-0.2, -0.15) is 0 Å². The number of hydrogen-bond donors (Lipinski definition) is 0. The molecule has 0 radical (unpaired) electrons. The van der Waals surface area contributed by atoms with Crippen LogP contribution in [-0.2, 0) is 6.54 Å². The van der Waals surface area contributed by atoms with Gasteiger partial charge in [-0.1, -0.05) is 37.3 Å². The molecule has 2 aliphatic heterocycles. The summed E-state index contributed by atoms with van der Waals surface area (Å²) >= 11 is 0. The van der Waals surface area contributed by atoms with E-state index in [0.717, 1.165) is 64.3 Å². The molecule has 3 heterocycles. The van der Waals surface area contributed by atoms with Gasteiger partial charge in [-0.3, -0.25) is 9.69 Å². The van der Waals surface area contributed by atoms with E-state index in [2.05, 4.69) is 57.3 Å². The van der Waals surface area contributed by atoms with E-state index in [1.807, 2.05) is 17.0 Å². The number of piperidine rings is 1. The number of nitrogens with zero attached hydrogens (tertiary/aromatic N) is 5. The second-order valence-corrected chi connectivity index (χ2v) is 8.08. The summed E-state index contributed by atoms with van der Waals surface area (Å²) in [5, 5.41) is 8.68. The molecule has 1 unspecified atom stereocenters. The summed E-state index contributed by atoms with van der Waals surface area (Å²) in [5.41, 5.74) is 1.82. The summed E-state index contributed by atoms with van der Waals surface area (Å²) in [6, 6.07) is 14.8. The highest BCUT2D eigenvalue weighted by Crippen LogP contribution is 2.22. The predicted molar refractivity (Wildman–Crippen MR) is 115 cm³/mol. The minimum Gasteiger partial charge on any atom is -0.353 e. The number of piperazine rings is 1. The molecule has 154 valence electrons. The zero-order valence-electron chi connectivity index (χ0n) is 17.3. The van der Waals surface area contributed by atoms with Crippen molar-refractivity contribution in [3.8, 4) is 0 Å². The van der Waals surface area contributed by atoms with Gasteiger partial charge >= 0.3 is 0 Å². The first-order valence-electron chi connectivity index (χ1n) is 10.9. The Morgan fingerprint density at radius 1 is 0.966 bits per heavy atom. The minimum atomic E-state index is 0.0308. The Morgan fingerprint density at radius 3 is 2.45 bits per heavy atom. The largest absolute Gasteiger partial charge is 0.353 e. The van der Waals surface area contributed by atoms with Crippen molar-refractivity contribution in [3.63, 3.8) is 0 Å². The SMILES string of the molecule is CCC1CCCCN1C(=O)c1ccc(N2CCN(Cc3ccccc3)CC2)nn1. The third kappa shape index (κ3) is 4.75. The second-order valence-electron chi connectivity index (χ2n) is 8.08. The molecule has 6 heteroatoms. The standard InChI is InChI=1S/C23H31N5O/c1-2-20-10-6-7-13-28(20)23(29)21-11-12-22(25-24-21)27-16-14-26(15-17-27)18-19-8-4-3-5-9-19/h3-5,8-9,11-12,20H,2,6-7,10,13-18H2,1H3. The van der Waals surface area contributed by atoms with Gasteiger partial charge in [0.2, 0.25) is 0 Å². The van der Waals surface area contributed by atoms with Gasteiger partial charge in [-0.05, 0) is 43.4 Å². The highest BCUT2D eigenvalue weighted by atomic mass is 16.2. The topological polar surface area (TPSA) is 52.6 Å². The van der Waals surface area contributed by atoms with Crippen LogP contribution in [0.25, 0.3) is 0 Å². The summed E-state index contributed by atoms with van der Waals surface area (Å²) in [6.45, 7) is 7.85. The molecule has 0 saturated carbocycles. The predicted octanol–water partition coefficient (Wildman–Crippen LogP) is 3.20. The normalized spacial score (nSPS) is 20.7. The number of rotatable bonds is 5. The maximum atomic E-state index is 12.9. The van der Waals surface area contributed by atoms with Gasteiger partial charge in [0.25, 0.3) is 5.91 Å². The molecule has 2 aliphatic rings. The Kier molecular flexibility index (Phi) is 6.39. The number of amides is 1. The molecule has 1 aromatic heterocycles. The molecule has 1 atom stereocenters. The molecule has 6 nitrogen and oxygen atoms in total. The van der Waals surface area contributed by atoms with E-state index in [0.29, 0.717) is 11.7 Å². The van der Waals surface area contributed by atoms with Gasteiger partial charge in [0.05, 0.1) is 0 Å². The lowest BCUT2D eigenvalue weighted by molar-refractivity contribution is 0.0600. The number of benzene rings is 1. The molecule has 4 rings (SSSR count). The lowest BCUT2D eigenvalue weighted by atomic mass is 9.99. The van der Waals surface area contributed by atoms with Crippen molar-refractivity contribution < 1.29 is 4.79 Å². The van der Waals surface area contributed by atoms with E-state index in [1.165, 1.54) is 12.0 Å². The van der Waals surface area contributed by atoms with Gasteiger partial charge in [0, 0.05) is 45.3 Å². The first kappa shape index (κ1) is 19.8. The smallest absolute Gasteiger partial charge is 0.274 e. The first-order chi connectivity index (χ1) is 14.2. The Bertz CT molecular complexity index is 787. The second kappa shape index (κ2) is 9.35. The van der Waals surface area contributed by atoms with Crippen LogP contribution < -0.4 is 4.90 Å². The monoisotopic (exact) mass is 393 g/mol. The average molecular weight is 394 g/mol. The quantitative estimate of drug-likeness (QED) is 0.781. The molecule has 0 bridgehead atoms. The van der Waals surface area contributed by atoms with Crippen molar-refractivity contribution in [1.82, 2.24) is 20.0 Å². The molecular weight excluding hydrogens is 362 g/mol. The summed E-state index contributed by atoms with van der Waals surface area (Å²) in [5.74, 6) is 0.898. The van der Waals surface area contributed by atoms with Crippen molar-refractivity contribution >= 4 is 11.7 Å². The van der Waals surface area contributed by atoms with Crippen LogP contribution in [0.5, 0.6) is 0 Å². The van der Waals surface area contributed by atoms with Crippen molar-refractivity contribution in [3.05, 3.63) is 53.7 Å². The summed E-state index contributed by atoms with van der Waals surface area (Å²) in [6.07, 6.45) is 4.40. The number of anilines is 1. The van der Waals surface area contributed by atoms with Crippen LogP contribution in [0.1, 0.15) is 48.7 Å². The zero-order valence-corrected chi connectivity index (χ0v) is 17.3. The van der Waals surface area contributed by atoms with E-state index < -0.39 is 0 Å². The molecule has 2 aromatic rings. The van der Waals surface area contributed by atoms with Crippen LogP contribution in [0.4, 0.5) is 5.82 Å². The van der Waals surface area contributed by atoms with Crippen molar-refractivity contribution in [2.75, 3.05) is 37.6 Å². The van der Waals surface area contributed by atoms with E-state index in [-0.39, 0.29) is 5.91 Å². The molecule has 0 N–H and O–H groups in total. The van der Waals surface area contributed by atoms with E-state index >= 15 is 0 Å². The van der Waals surface area contributed by atoms with E-state index in [4.69, 9.17) is 0 Å². The summed E-state index contributed by atoms with van der Waals surface area (Å²) in [7, 11) is 0. The van der Waals surface area contributed by atoms with Crippen LogP contribution in [0.3, 0.4) is 0 Å². The van der Waals surface area contributed by atoms with Crippen LogP contribution in [-0.4, -0.2) is 64.7 Å². The molecule has 1 amide bonds. The number of carbonyl (C=O) groups excluding carboxylic acids is 1. The Morgan fingerprint density at radius 2 is 1.76 bits per heavy atom. The minimum absolute atomic E-state index is 0.0308. The van der Waals surface area contributed by atoms with Gasteiger partial charge in [0.1, 0.15) is 0 Å². The molecule has 0 spiro atoms. The molecular formula is C23H31N5O. The third-order valence-corrected chi connectivity index (χ3v) is 6.17.